The molecule has 0 unspecified atom stereocenters. The molecule has 3 N–H and O–H groups in total. The Morgan fingerprint density at radius 2 is 2.21 bits per heavy atom. The molecule has 1 aromatic carbocycles. The Kier molecular flexibility index (Phi) is 4.17. The summed E-state index contributed by atoms with van der Waals surface area (Å²) in [6, 6.07) is 4.50. The maximum Gasteiger partial charge on any atom is 0.241 e. The van der Waals surface area contributed by atoms with Gasteiger partial charge in [0.1, 0.15) is 0 Å². The molecule has 0 aliphatic heterocycles. The van der Waals surface area contributed by atoms with Gasteiger partial charge >= 0.3 is 0 Å². The zero-order chi connectivity index (χ0) is 13.9. The summed E-state index contributed by atoms with van der Waals surface area (Å²) in [6.07, 6.45) is 1.59. The van der Waals surface area contributed by atoms with Gasteiger partial charge in [-0.2, -0.15) is 4.98 Å². The third kappa shape index (κ3) is 3.52. The van der Waals surface area contributed by atoms with Crippen molar-refractivity contribution in [2.45, 2.75) is 11.3 Å². The molecule has 0 bridgehead atoms. The molecule has 0 saturated heterocycles. The Morgan fingerprint density at radius 1 is 1.42 bits per heavy atom. The first-order valence-corrected chi connectivity index (χ1v) is 7.57. The Hall–Kier alpha value is -1.45. The van der Waals surface area contributed by atoms with E-state index in [0.717, 1.165) is 0 Å². The number of hydrogen-bond acceptors (Lipinski definition) is 6. The lowest BCUT2D eigenvalue weighted by Crippen LogP contribution is -2.26. The molecule has 9 heteroatoms. The minimum absolute atomic E-state index is 0.132. The van der Waals surface area contributed by atoms with Crippen molar-refractivity contribution < 1.29 is 12.9 Å². The molecule has 2 rings (SSSR count). The van der Waals surface area contributed by atoms with Crippen LogP contribution in [0.1, 0.15) is 5.89 Å². The van der Waals surface area contributed by atoms with Crippen LogP contribution in [0.2, 0.25) is 0 Å². The second-order valence-electron chi connectivity index (χ2n) is 3.67. The monoisotopic (exact) mass is 346 g/mol. The molecule has 7 nitrogen and oxygen atoms in total. The van der Waals surface area contributed by atoms with E-state index in [9.17, 15) is 8.42 Å². The number of benzene rings is 1. The van der Waals surface area contributed by atoms with Crippen LogP contribution < -0.4 is 10.5 Å². The molecule has 1 aromatic heterocycles. The van der Waals surface area contributed by atoms with Crippen molar-refractivity contribution in [3.63, 3.8) is 0 Å². The molecular formula is C10H11BrN4O3S. The van der Waals surface area contributed by atoms with Crippen molar-refractivity contribution in [2.75, 3.05) is 12.3 Å². The van der Waals surface area contributed by atoms with Crippen LogP contribution in [0.25, 0.3) is 0 Å². The molecule has 1 heterocycles. The topological polar surface area (TPSA) is 111 Å². The normalized spacial score (nSPS) is 11.6. The molecule has 0 fully saturated rings. The van der Waals surface area contributed by atoms with Gasteiger partial charge in [0.15, 0.2) is 6.33 Å². The van der Waals surface area contributed by atoms with Crippen LogP contribution in [0.3, 0.4) is 0 Å². The van der Waals surface area contributed by atoms with Crippen LogP contribution in [-0.4, -0.2) is 25.1 Å². The summed E-state index contributed by atoms with van der Waals surface area (Å²) < 4.78 is 31.7. The number of halogens is 1. The lowest BCUT2D eigenvalue weighted by atomic mass is 10.3. The van der Waals surface area contributed by atoms with Gasteiger partial charge in [-0.25, -0.2) is 13.1 Å². The number of rotatable bonds is 5. The third-order valence-corrected chi connectivity index (χ3v) is 4.72. The van der Waals surface area contributed by atoms with Crippen molar-refractivity contribution in [2.24, 2.45) is 0 Å². The summed E-state index contributed by atoms with van der Waals surface area (Å²) in [7, 11) is -3.60. The van der Waals surface area contributed by atoms with Crippen LogP contribution in [0, 0.1) is 0 Å². The van der Waals surface area contributed by atoms with Gasteiger partial charge in [0.2, 0.25) is 15.9 Å². The summed E-state index contributed by atoms with van der Waals surface area (Å²) in [6.45, 7) is 0.168. The quantitative estimate of drug-likeness (QED) is 0.779. The summed E-state index contributed by atoms with van der Waals surface area (Å²) in [5, 5.41) is 3.43. The number of nitrogens with one attached hydrogen (secondary N) is 1. The molecule has 0 saturated carbocycles. The zero-order valence-electron chi connectivity index (χ0n) is 9.71. The van der Waals surface area contributed by atoms with Crippen molar-refractivity contribution in [3.05, 3.63) is 34.9 Å². The van der Waals surface area contributed by atoms with Gasteiger partial charge < -0.3 is 10.3 Å². The van der Waals surface area contributed by atoms with Crippen LogP contribution >= 0.6 is 15.9 Å². The van der Waals surface area contributed by atoms with Crippen LogP contribution in [-0.2, 0) is 16.4 Å². The van der Waals surface area contributed by atoms with E-state index in [2.05, 4.69) is 30.8 Å². The smallest absolute Gasteiger partial charge is 0.241 e. The molecule has 19 heavy (non-hydrogen) atoms. The number of hydrogen-bond donors (Lipinski definition) is 2. The third-order valence-electron chi connectivity index (χ3n) is 2.28. The van der Waals surface area contributed by atoms with Crippen LogP contribution in [0.5, 0.6) is 0 Å². The molecule has 0 spiro atoms. The van der Waals surface area contributed by atoms with Crippen molar-refractivity contribution in [3.8, 4) is 0 Å². The Bertz CT molecular complexity index is 657. The average Bonchev–Trinajstić information content (AvgIpc) is 2.81. The largest absolute Gasteiger partial charge is 0.399 e. The highest BCUT2D eigenvalue weighted by atomic mass is 79.9. The summed E-state index contributed by atoms with van der Waals surface area (Å²) in [5.41, 5.74) is 6.05. The summed E-state index contributed by atoms with van der Waals surface area (Å²) >= 11 is 3.17. The van der Waals surface area contributed by atoms with Gasteiger partial charge in [-0.1, -0.05) is 5.16 Å². The maximum absolute atomic E-state index is 12.0. The van der Waals surface area contributed by atoms with Gasteiger partial charge in [0, 0.05) is 23.1 Å². The maximum atomic E-state index is 12.0. The minimum atomic E-state index is -3.60. The lowest BCUT2D eigenvalue weighted by molar-refractivity contribution is 0.377. The first kappa shape index (κ1) is 14.0. The first-order chi connectivity index (χ1) is 8.99. The fraction of sp³-hybridized carbons (Fsp3) is 0.200. The SMILES string of the molecule is Nc1ccc(S(=O)(=O)NCCc2ncno2)c(Br)c1. The van der Waals surface area contributed by atoms with E-state index in [0.29, 0.717) is 22.5 Å². The average molecular weight is 347 g/mol. The van der Waals surface area contributed by atoms with Gasteiger partial charge in [-0.15, -0.1) is 0 Å². The Balaban J connectivity index is 2.05. The van der Waals surface area contributed by atoms with Gasteiger partial charge in [0.05, 0.1) is 4.90 Å². The Morgan fingerprint density at radius 3 is 2.84 bits per heavy atom. The van der Waals surface area contributed by atoms with E-state index < -0.39 is 10.0 Å². The molecule has 0 aliphatic carbocycles. The number of nitrogens with two attached hydrogens (primary N) is 1. The predicted octanol–water partition coefficient (Wildman–Crippen LogP) is 0.935. The van der Waals surface area contributed by atoms with E-state index in [1.807, 2.05) is 0 Å². The highest BCUT2D eigenvalue weighted by molar-refractivity contribution is 9.10. The number of aromatic nitrogens is 2. The fourth-order valence-electron chi connectivity index (χ4n) is 1.41. The van der Waals surface area contributed by atoms with E-state index >= 15 is 0 Å². The zero-order valence-corrected chi connectivity index (χ0v) is 12.1. The fourth-order valence-corrected chi connectivity index (χ4v) is 3.54. The highest BCUT2D eigenvalue weighted by Gasteiger charge is 2.17. The lowest BCUT2D eigenvalue weighted by Gasteiger charge is -2.08. The van der Waals surface area contributed by atoms with E-state index in [4.69, 9.17) is 10.3 Å². The standard InChI is InChI=1S/C10H11BrN4O3S/c11-8-5-7(12)1-2-9(8)19(16,17)15-4-3-10-13-6-14-18-10/h1-2,5-6,15H,3-4,12H2. The van der Waals surface area contributed by atoms with Crippen LogP contribution in [0.4, 0.5) is 5.69 Å². The Labute approximate surface area is 118 Å². The molecule has 2 aromatic rings. The number of anilines is 1. The second kappa shape index (κ2) is 5.68. The van der Waals surface area contributed by atoms with E-state index in [1.165, 1.54) is 24.5 Å². The van der Waals surface area contributed by atoms with Gasteiger partial charge in [-0.3, -0.25) is 0 Å². The number of nitrogen functional groups attached to an aromatic ring is 1. The minimum Gasteiger partial charge on any atom is -0.399 e. The van der Waals surface area contributed by atoms with Crippen molar-refractivity contribution in [1.29, 1.82) is 0 Å². The summed E-state index contributed by atoms with van der Waals surface area (Å²) in [4.78, 5) is 3.93. The molecule has 0 radical (unpaired) electrons. The summed E-state index contributed by atoms with van der Waals surface area (Å²) in [5.74, 6) is 0.374. The second-order valence-corrected chi connectivity index (χ2v) is 6.26. The first-order valence-electron chi connectivity index (χ1n) is 5.29. The predicted molar refractivity (Wildman–Crippen MR) is 71.7 cm³/mol. The number of sulfonamides is 1. The molecule has 102 valence electrons. The van der Waals surface area contributed by atoms with Gasteiger partial charge in [0.25, 0.3) is 0 Å². The van der Waals surface area contributed by atoms with E-state index in [1.54, 1.807) is 0 Å². The van der Waals surface area contributed by atoms with Crippen molar-refractivity contribution in [1.82, 2.24) is 14.9 Å². The molecule has 0 aliphatic rings. The molecule has 0 atom stereocenters. The van der Waals surface area contributed by atoms with E-state index in [-0.39, 0.29) is 11.4 Å². The highest BCUT2D eigenvalue weighted by Crippen LogP contribution is 2.23. The van der Waals surface area contributed by atoms with Gasteiger partial charge in [-0.05, 0) is 34.1 Å². The van der Waals surface area contributed by atoms with Crippen LogP contribution in [0.15, 0.2) is 38.4 Å². The molecular weight excluding hydrogens is 336 g/mol. The number of nitrogens with zero attached hydrogens (tertiary/aromatic N) is 2. The molecule has 0 amide bonds. The van der Waals surface area contributed by atoms with Crippen molar-refractivity contribution >= 4 is 31.6 Å².